The number of aromatic nitrogens is 1. The zero-order chi connectivity index (χ0) is 21.3. The summed E-state index contributed by atoms with van der Waals surface area (Å²) >= 11 is 0. The van der Waals surface area contributed by atoms with Gasteiger partial charge in [0.2, 0.25) is 0 Å². The summed E-state index contributed by atoms with van der Waals surface area (Å²) in [5, 5.41) is 2.72. The monoisotopic (exact) mass is 409 g/mol. The number of pyridine rings is 1. The van der Waals surface area contributed by atoms with Crippen molar-refractivity contribution >= 4 is 23.1 Å². The molecule has 1 aliphatic rings. The van der Waals surface area contributed by atoms with Crippen LogP contribution in [0.5, 0.6) is 0 Å². The van der Waals surface area contributed by atoms with Crippen LogP contribution in [0.25, 0.3) is 5.57 Å². The third kappa shape index (κ3) is 3.67. The number of anilines is 1. The number of hydrogen-bond acceptors (Lipinski definition) is 4. The number of benzene rings is 2. The Balaban J connectivity index is 1.75. The fourth-order valence-corrected chi connectivity index (χ4v) is 3.11. The van der Waals surface area contributed by atoms with Crippen molar-refractivity contribution in [3.63, 3.8) is 0 Å². The number of imide groups is 1. The Kier molecular flexibility index (Phi) is 5.05. The highest BCUT2D eigenvalue weighted by Crippen LogP contribution is 2.31. The zero-order valence-corrected chi connectivity index (χ0v) is 15.4. The van der Waals surface area contributed by atoms with Gasteiger partial charge in [0.05, 0.1) is 12.1 Å². The van der Waals surface area contributed by atoms with Crippen LogP contribution >= 0.6 is 0 Å². The van der Waals surface area contributed by atoms with Gasteiger partial charge in [0.25, 0.3) is 11.8 Å². The number of nitrogens with one attached hydrogen (secondary N) is 1. The highest BCUT2D eigenvalue weighted by atomic mass is 19.2. The Morgan fingerprint density at radius 2 is 1.53 bits per heavy atom. The van der Waals surface area contributed by atoms with Gasteiger partial charge in [0.15, 0.2) is 11.6 Å². The molecule has 0 aliphatic carbocycles. The minimum absolute atomic E-state index is 0.00611. The van der Waals surface area contributed by atoms with E-state index in [1.807, 2.05) is 0 Å². The fourth-order valence-electron chi connectivity index (χ4n) is 3.11. The molecule has 1 aliphatic heterocycles. The van der Waals surface area contributed by atoms with E-state index in [0.717, 1.165) is 17.0 Å². The molecule has 0 bridgehead atoms. The van der Waals surface area contributed by atoms with Gasteiger partial charge < -0.3 is 5.32 Å². The first-order valence-electron chi connectivity index (χ1n) is 8.91. The maximum atomic E-state index is 13.6. The second kappa shape index (κ2) is 7.82. The molecule has 0 saturated heterocycles. The van der Waals surface area contributed by atoms with E-state index < -0.39 is 29.3 Å². The average molecular weight is 409 g/mol. The Morgan fingerprint density at radius 1 is 0.833 bits per heavy atom. The van der Waals surface area contributed by atoms with E-state index in [1.165, 1.54) is 42.7 Å². The molecule has 0 atom stereocenters. The Labute approximate surface area is 169 Å². The normalized spacial score (nSPS) is 13.9. The summed E-state index contributed by atoms with van der Waals surface area (Å²) in [5.74, 6) is -3.87. The maximum Gasteiger partial charge on any atom is 0.278 e. The smallest absolute Gasteiger partial charge is 0.278 e. The number of halogens is 3. The number of carbonyl (C=O) groups is 2. The van der Waals surface area contributed by atoms with Crippen molar-refractivity contribution in [2.75, 3.05) is 5.32 Å². The Bertz CT molecular complexity index is 1160. The number of hydrogen-bond donors (Lipinski definition) is 1. The van der Waals surface area contributed by atoms with Gasteiger partial charge in [0, 0.05) is 24.1 Å². The molecular formula is C22H14F3N3O2. The second-order valence-corrected chi connectivity index (χ2v) is 6.56. The minimum Gasteiger partial charge on any atom is -0.350 e. The van der Waals surface area contributed by atoms with E-state index in [9.17, 15) is 22.8 Å². The lowest BCUT2D eigenvalue weighted by Crippen LogP contribution is -2.32. The molecule has 150 valence electrons. The molecule has 0 unspecified atom stereocenters. The summed E-state index contributed by atoms with van der Waals surface area (Å²) in [6, 6.07) is 11.5. The predicted molar refractivity (Wildman–Crippen MR) is 103 cm³/mol. The highest BCUT2D eigenvalue weighted by molar-refractivity contribution is 6.36. The van der Waals surface area contributed by atoms with E-state index in [0.29, 0.717) is 11.1 Å². The third-order valence-electron chi connectivity index (χ3n) is 4.58. The highest BCUT2D eigenvalue weighted by Gasteiger charge is 2.39. The summed E-state index contributed by atoms with van der Waals surface area (Å²) in [6.07, 6.45) is 3.07. The van der Waals surface area contributed by atoms with Gasteiger partial charge in [-0.05, 0) is 47.5 Å². The van der Waals surface area contributed by atoms with Crippen LogP contribution in [0.1, 0.15) is 11.1 Å². The molecule has 4 rings (SSSR count). The van der Waals surface area contributed by atoms with E-state index in [2.05, 4.69) is 10.3 Å². The molecule has 2 aromatic carbocycles. The molecule has 0 fully saturated rings. The van der Waals surface area contributed by atoms with Crippen LogP contribution in [-0.2, 0) is 16.1 Å². The average Bonchev–Trinajstić information content (AvgIpc) is 2.96. The summed E-state index contributed by atoms with van der Waals surface area (Å²) in [6.45, 7) is -0.00611. The van der Waals surface area contributed by atoms with Crippen LogP contribution in [0, 0.1) is 17.5 Å². The molecule has 1 N–H and O–H groups in total. The van der Waals surface area contributed by atoms with Crippen molar-refractivity contribution < 1.29 is 22.8 Å². The maximum absolute atomic E-state index is 13.6. The summed E-state index contributed by atoms with van der Waals surface area (Å²) < 4.78 is 40.2. The molecule has 2 amide bonds. The number of rotatable bonds is 5. The first-order valence-corrected chi connectivity index (χ1v) is 8.91. The summed E-state index contributed by atoms with van der Waals surface area (Å²) in [4.78, 5) is 31.1. The predicted octanol–water partition coefficient (Wildman–Crippen LogP) is 3.89. The van der Waals surface area contributed by atoms with E-state index in [-0.39, 0.29) is 23.5 Å². The van der Waals surface area contributed by atoms with Crippen LogP contribution in [0.2, 0.25) is 0 Å². The lowest BCUT2D eigenvalue weighted by molar-refractivity contribution is -0.137. The van der Waals surface area contributed by atoms with Gasteiger partial charge in [-0.15, -0.1) is 0 Å². The lowest BCUT2D eigenvalue weighted by Gasteiger charge is -2.15. The molecule has 30 heavy (non-hydrogen) atoms. The molecule has 3 aromatic rings. The van der Waals surface area contributed by atoms with Crippen LogP contribution in [0.4, 0.5) is 18.9 Å². The summed E-state index contributed by atoms with van der Waals surface area (Å²) in [7, 11) is 0. The van der Waals surface area contributed by atoms with Crippen molar-refractivity contribution in [3.05, 3.63) is 101 Å². The first-order chi connectivity index (χ1) is 14.4. The third-order valence-corrected chi connectivity index (χ3v) is 4.58. The van der Waals surface area contributed by atoms with Crippen molar-refractivity contribution in [3.8, 4) is 0 Å². The van der Waals surface area contributed by atoms with Crippen LogP contribution in [0.3, 0.4) is 0 Å². The van der Waals surface area contributed by atoms with Crippen LogP contribution in [0.15, 0.2) is 72.7 Å². The zero-order valence-electron chi connectivity index (χ0n) is 15.4. The van der Waals surface area contributed by atoms with Gasteiger partial charge >= 0.3 is 0 Å². The quantitative estimate of drug-likeness (QED) is 0.650. The van der Waals surface area contributed by atoms with Crippen LogP contribution < -0.4 is 5.32 Å². The molecule has 0 spiro atoms. The Hall–Kier alpha value is -3.94. The number of nitrogens with zero attached hydrogens (tertiary/aromatic N) is 2. The van der Waals surface area contributed by atoms with Gasteiger partial charge in [-0.1, -0.05) is 12.1 Å². The van der Waals surface area contributed by atoms with Crippen molar-refractivity contribution in [2.24, 2.45) is 0 Å². The second-order valence-electron chi connectivity index (χ2n) is 6.56. The lowest BCUT2D eigenvalue weighted by atomic mass is 10.0. The molecule has 8 heteroatoms. The first kappa shape index (κ1) is 19.4. The number of amides is 2. The molecule has 2 heterocycles. The molecular weight excluding hydrogens is 395 g/mol. The summed E-state index contributed by atoms with van der Waals surface area (Å²) in [5.41, 5.74) is 0.997. The van der Waals surface area contributed by atoms with Crippen molar-refractivity contribution in [1.29, 1.82) is 0 Å². The molecule has 0 radical (unpaired) electrons. The van der Waals surface area contributed by atoms with Crippen molar-refractivity contribution in [2.45, 2.75) is 6.54 Å². The van der Waals surface area contributed by atoms with E-state index in [1.54, 1.807) is 12.1 Å². The SMILES string of the molecule is O=C1C(Nc2ccc(F)c(F)c2)=C(c2ccc(F)cc2)C(=O)N1Cc1ccncc1. The van der Waals surface area contributed by atoms with Crippen molar-refractivity contribution in [1.82, 2.24) is 9.88 Å². The van der Waals surface area contributed by atoms with Gasteiger partial charge in [0.1, 0.15) is 11.5 Å². The molecule has 1 aromatic heterocycles. The topological polar surface area (TPSA) is 62.3 Å². The number of carbonyl (C=O) groups excluding carboxylic acids is 2. The van der Waals surface area contributed by atoms with Crippen LogP contribution in [-0.4, -0.2) is 21.7 Å². The largest absolute Gasteiger partial charge is 0.350 e. The van der Waals surface area contributed by atoms with Gasteiger partial charge in [-0.3, -0.25) is 19.5 Å². The molecule has 5 nitrogen and oxygen atoms in total. The van der Waals surface area contributed by atoms with Gasteiger partial charge in [-0.2, -0.15) is 0 Å². The van der Waals surface area contributed by atoms with Gasteiger partial charge in [-0.25, -0.2) is 13.2 Å². The standard InChI is InChI=1S/C22H14F3N3O2/c23-15-3-1-14(2-4-15)19-20(27-16-5-6-17(24)18(25)11-16)22(30)28(21(19)29)12-13-7-9-26-10-8-13/h1-11,27H,12H2. The van der Waals surface area contributed by atoms with E-state index >= 15 is 0 Å². The van der Waals surface area contributed by atoms with E-state index in [4.69, 9.17) is 0 Å². The Morgan fingerprint density at radius 3 is 2.20 bits per heavy atom. The minimum atomic E-state index is -1.10. The fraction of sp³-hybridized carbons (Fsp3) is 0.0455. The molecule has 0 saturated carbocycles.